The normalized spacial score (nSPS) is 17.7. The van der Waals surface area contributed by atoms with Crippen LogP contribution in [0.2, 0.25) is 18.1 Å². The highest BCUT2D eigenvalue weighted by atomic mass is 127. The van der Waals surface area contributed by atoms with Crippen LogP contribution in [0.3, 0.4) is 0 Å². The molecule has 50 heavy (non-hydrogen) atoms. The fraction of sp³-hybridized carbons (Fsp3) is 0.525. The van der Waals surface area contributed by atoms with Crippen LogP contribution < -0.4 is 4.74 Å². The van der Waals surface area contributed by atoms with Gasteiger partial charge < -0.3 is 28.1 Å². The average molecular weight is 818 g/mol. The van der Waals surface area contributed by atoms with Gasteiger partial charge in [0.1, 0.15) is 29.3 Å². The van der Waals surface area contributed by atoms with Crippen molar-refractivity contribution in [1.82, 2.24) is 4.90 Å². The van der Waals surface area contributed by atoms with E-state index in [0.717, 1.165) is 20.3 Å². The fourth-order valence-corrected chi connectivity index (χ4v) is 7.41. The number of benzene rings is 3. The Labute approximate surface area is 314 Å². The molecule has 1 aliphatic rings. The van der Waals surface area contributed by atoms with Crippen molar-refractivity contribution in [2.75, 3.05) is 19.8 Å². The van der Waals surface area contributed by atoms with E-state index in [1.165, 1.54) is 0 Å². The minimum atomic E-state index is -2.25. The molecule has 10 heteroatoms. The van der Waals surface area contributed by atoms with Gasteiger partial charge in [-0.25, -0.2) is 4.79 Å². The molecule has 0 bridgehead atoms. The van der Waals surface area contributed by atoms with Crippen LogP contribution in [0.15, 0.2) is 78.9 Å². The second-order valence-electron chi connectivity index (χ2n) is 15.9. The van der Waals surface area contributed by atoms with Gasteiger partial charge in [0.2, 0.25) is 0 Å². The van der Waals surface area contributed by atoms with Crippen molar-refractivity contribution in [2.45, 2.75) is 116 Å². The first-order valence-electron chi connectivity index (χ1n) is 17.4. The van der Waals surface area contributed by atoms with Gasteiger partial charge in [-0.1, -0.05) is 87.5 Å². The van der Waals surface area contributed by atoms with E-state index < -0.39 is 37.9 Å². The van der Waals surface area contributed by atoms with E-state index in [2.05, 4.69) is 86.8 Å². The molecular weight excluding hydrogens is 761 g/mol. The molecule has 0 spiro atoms. The van der Waals surface area contributed by atoms with Crippen molar-refractivity contribution in [2.24, 2.45) is 0 Å². The van der Waals surface area contributed by atoms with Crippen molar-refractivity contribution in [3.63, 3.8) is 0 Å². The van der Waals surface area contributed by atoms with E-state index in [4.69, 9.17) is 28.1 Å². The summed E-state index contributed by atoms with van der Waals surface area (Å²) < 4.78 is 39.3. The van der Waals surface area contributed by atoms with Crippen LogP contribution in [0.1, 0.15) is 78.1 Å². The monoisotopic (exact) mass is 817 g/mol. The molecule has 1 aliphatic heterocycles. The van der Waals surface area contributed by atoms with E-state index >= 15 is 0 Å². The van der Waals surface area contributed by atoms with Gasteiger partial charge in [0, 0.05) is 0 Å². The lowest BCUT2D eigenvalue weighted by Crippen LogP contribution is -2.51. The Balaban J connectivity index is 1.61. The fourth-order valence-electron chi connectivity index (χ4n) is 5.41. The Morgan fingerprint density at radius 3 is 1.92 bits per heavy atom. The number of hydrogen-bond acceptors (Lipinski definition) is 7. The van der Waals surface area contributed by atoms with Crippen LogP contribution in [0.5, 0.6) is 5.75 Å². The zero-order chi connectivity index (χ0) is 36.7. The molecule has 0 N–H and O–H groups in total. The van der Waals surface area contributed by atoms with E-state index in [1.807, 2.05) is 83.1 Å². The first-order valence-corrected chi connectivity index (χ1v) is 21.4. The van der Waals surface area contributed by atoms with Crippen LogP contribution in [0.4, 0.5) is 4.79 Å². The number of rotatable bonds is 14. The molecule has 0 aromatic heterocycles. The largest absolute Gasteiger partial charge is 0.484 e. The molecule has 8 nitrogen and oxygen atoms in total. The minimum absolute atomic E-state index is 0.0205. The second kappa shape index (κ2) is 16.9. The Bertz CT molecular complexity index is 1520. The van der Waals surface area contributed by atoms with Gasteiger partial charge in [0.15, 0.2) is 8.32 Å². The maximum Gasteiger partial charge on any atom is 0.413 e. The molecule has 3 aromatic carbocycles. The first-order chi connectivity index (χ1) is 23.4. The molecule has 1 heterocycles. The molecule has 0 saturated carbocycles. The van der Waals surface area contributed by atoms with Crippen LogP contribution in [0, 0.1) is 3.57 Å². The first kappa shape index (κ1) is 40.3. The maximum absolute atomic E-state index is 13.4. The number of halogens is 1. The zero-order valence-electron chi connectivity index (χ0n) is 31.5. The topological polar surface area (TPSA) is 75.7 Å². The highest BCUT2D eigenvalue weighted by Gasteiger charge is 2.47. The molecule has 0 unspecified atom stereocenters. The molecule has 1 fully saturated rings. The molecule has 274 valence electrons. The van der Waals surface area contributed by atoms with Crippen molar-refractivity contribution < 1.29 is 32.9 Å². The number of carbonyl (C=O) groups is 1. The molecule has 1 amide bonds. The summed E-state index contributed by atoms with van der Waals surface area (Å²) in [6.45, 7) is 22.5. The van der Waals surface area contributed by atoms with Gasteiger partial charge in [-0.15, -0.1) is 0 Å². The predicted octanol–water partition coefficient (Wildman–Crippen LogP) is 9.91. The van der Waals surface area contributed by atoms with Gasteiger partial charge in [0.25, 0.3) is 0 Å². The predicted molar refractivity (Wildman–Crippen MR) is 209 cm³/mol. The van der Waals surface area contributed by atoms with Crippen LogP contribution in [-0.4, -0.2) is 62.7 Å². The quantitative estimate of drug-likeness (QED) is 0.119. The van der Waals surface area contributed by atoms with Gasteiger partial charge in [0.05, 0.1) is 42.6 Å². The van der Waals surface area contributed by atoms with Crippen LogP contribution in [0.25, 0.3) is 0 Å². The van der Waals surface area contributed by atoms with Crippen LogP contribution >= 0.6 is 22.6 Å². The number of amides is 1. The minimum Gasteiger partial charge on any atom is -0.484 e. The lowest BCUT2D eigenvalue weighted by Gasteiger charge is -2.41. The van der Waals surface area contributed by atoms with E-state index in [9.17, 15) is 4.79 Å². The lowest BCUT2D eigenvalue weighted by atomic mass is 10.1. The number of carbonyl (C=O) groups excluding carboxylic acids is 1. The molecule has 1 saturated heterocycles. The Morgan fingerprint density at radius 2 is 1.42 bits per heavy atom. The number of nitrogens with zero attached hydrogens (tertiary/aromatic N) is 1. The van der Waals surface area contributed by atoms with Gasteiger partial charge in [-0.05, 0) is 104 Å². The average Bonchev–Trinajstić information content (AvgIpc) is 3.35. The summed E-state index contributed by atoms with van der Waals surface area (Å²) in [5, 5.41) is -0.0205. The van der Waals surface area contributed by atoms with Gasteiger partial charge in [-0.2, -0.15) is 0 Å². The number of hydrogen-bond donors (Lipinski definition) is 0. The molecule has 3 aromatic rings. The Morgan fingerprint density at radius 1 is 0.880 bits per heavy atom. The number of ether oxygens (including phenoxy) is 5. The summed E-state index contributed by atoms with van der Waals surface area (Å²) in [6, 6.07) is 26.0. The van der Waals surface area contributed by atoms with Crippen LogP contribution in [-0.2, 0) is 36.6 Å². The highest BCUT2D eigenvalue weighted by molar-refractivity contribution is 14.1. The van der Waals surface area contributed by atoms with E-state index in [1.54, 1.807) is 4.90 Å². The van der Waals surface area contributed by atoms with E-state index in [0.29, 0.717) is 38.8 Å². The summed E-state index contributed by atoms with van der Waals surface area (Å²) >= 11 is 2.30. The standard InChI is InChI=1S/C40H56INO7Si/c1-38(2,3)48-37(43)42-33(26-46-40(42,7)8)31-21-22-34(32(41)23-31)47-35(27-44-24-29-17-13-11-14-18-29)36(49-50(9,10)39(4,5)6)28-45-25-30-19-15-12-16-20-30/h11-23,33,35-36H,24-28H2,1-10H3/t33-,35+,36-/m0/s1. The smallest absolute Gasteiger partial charge is 0.413 e. The Hall–Kier alpha value is -2.48. The maximum atomic E-state index is 13.4. The van der Waals surface area contributed by atoms with Crippen molar-refractivity contribution in [3.8, 4) is 5.75 Å². The van der Waals surface area contributed by atoms with Crippen molar-refractivity contribution >= 4 is 37.0 Å². The summed E-state index contributed by atoms with van der Waals surface area (Å²) in [6.07, 6.45) is -1.26. The summed E-state index contributed by atoms with van der Waals surface area (Å²) in [4.78, 5) is 15.0. The third kappa shape index (κ3) is 11.3. The lowest BCUT2D eigenvalue weighted by molar-refractivity contribution is -0.0626. The van der Waals surface area contributed by atoms with Crippen molar-refractivity contribution in [3.05, 3.63) is 99.1 Å². The van der Waals surface area contributed by atoms with E-state index in [-0.39, 0.29) is 11.1 Å². The summed E-state index contributed by atoms with van der Waals surface area (Å²) in [5.74, 6) is 0.705. The molecular formula is C40H56INO7Si. The SMILES string of the molecule is CC(C)(C)OC(=O)N1[C@H](c2ccc(O[C@H](COCc3ccccc3)[C@H](COCc3ccccc3)O[Si](C)(C)C(C)(C)C)c(I)c2)COC1(C)C. The second-order valence-corrected chi connectivity index (χ2v) is 21.8. The van der Waals surface area contributed by atoms with Crippen molar-refractivity contribution in [1.29, 1.82) is 0 Å². The third-order valence-corrected chi connectivity index (χ3v) is 14.5. The highest BCUT2D eigenvalue weighted by Crippen LogP contribution is 2.41. The van der Waals surface area contributed by atoms with Gasteiger partial charge in [-0.3, -0.25) is 4.90 Å². The summed E-state index contributed by atoms with van der Waals surface area (Å²) in [5.41, 5.74) is 1.68. The summed E-state index contributed by atoms with van der Waals surface area (Å²) in [7, 11) is -2.25. The molecule has 4 rings (SSSR count). The van der Waals surface area contributed by atoms with Gasteiger partial charge >= 0.3 is 6.09 Å². The third-order valence-electron chi connectivity index (χ3n) is 9.15. The molecule has 0 aliphatic carbocycles. The molecule has 0 radical (unpaired) electrons. The molecule has 3 atom stereocenters. The Kier molecular flexibility index (Phi) is 13.6. The zero-order valence-corrected chi connectivity index (χ0v) is 34.6.